The number of nitrogens with two attached hydrogens (primary N) is 1. The summed E-state index contributed by atoms with van der Waals surface area (Å²) in [6.45, 7) is 4.61. The van der Waals surface area contributed by atoms with E-state index in [9.17, 15) is 9.59 Å². The lowest BCUT2D eigenvalue weighted by atomic mass is 9.96. The van der Waals surface area contributed by atoms with Gasteiger partial charge < -0.3 is 16.4 Å². The number of rotatable bonds is 7. The monoisotopic (exact) mass is 367 g/mol. The molecule has 4 atom stereocenters. The zero-order valence-corrected chi connectivity index (χ0v) is 15.9. The normalized spacial score (nSPS) is 21.7. The molecule has 2 amide bonds. The molecule has 1 saturated carbocycles. The molecule has 1 fully saturated rings. The van der Waals surface area contributed by atoms with E-state index in [1.165, 1.54) is 0 Å². The topological polar surface area (TPSA) is 84.2 Å². The van der Waals surface area contributed by atoms with E-state index >= 15 is 0 Å². The molecule has 4 N–H and O–H groups in total. The number of carbonyl (C=O) groups excluding carboxylic acids is 2. The zero-order chi connectivity index (χ0) is 17.5. The Hall–Kier alpha value is -1.59. The molecule has 0 radical (unpaired) electrons. The summed E-state index contributed by atoms with van der Waals surface area (Å²) in [7, 11) is 0. The summed E-state index contributed by atoms with van der Waals surface area (Å²) in [5.74, 6) is 0.101. The first-order chi connectivity index (χ1) is 11.6. The SMILES string of the molecule is CCC(C)C(NC(=O)c1ccccc1)C(=O)NC1CCCC1CN.Cl. The summed E-state index contributed by atoms with van der Waals surface area (Å²) in [5, 5.41) is 6.03. The maximum Gasteiger partial charge on any atom is 0.251 e. The van der Waals surface area contributed by atoms with Gasteiger partial charge in [0, 0.05) is 11.6 Å². The first-order valence-corrected chi connectivity index (χ1v) is 8.93. The van der Waals surface area contributed by atoms with Crippen LogP contribution in [0.5, 0.6) is 0 Å². The van der Waals surface area contributed by atoms with E-state index in [2.05, 4.69) is 10.6 Å². The summed E-state index contributed by atoms with van der Waals surface area (Å²) >= 11 is 0. The molecule has 1 aliphatic carbocycles. The molecule has 0 saturated heterocycles. The van der Waals surface area contributed by atoms with Crippen LogP contribution in [-0.2, 0) is 4.79 Å². The van der Waals surface area contributed by atoms with Crippen LogP contribution < -0.4 is 16.4 Å². The molecule has 6 heteroatoms. The molecular weight excluding hydrogens is 338 g/mol. The molecule has 0 aliphatic heterocycles. The summed E-state index contributed by atoms with van der Waals surface area (Å²) in [4.78, 5) is 25.2. The lowest BCUT2D eigenvalue weighted by molar-refractivity contribution is -0.125. The van der Waals surface area contributed by atoms with Gasteiger partial charge in [0.05, 0.1) is 0 Å². The van der Waals surface area contributed by atoms with Crippen LogP contribution in [0.4, 0.5) is 0 Å². The van der Waals surface area contributed by atoms with E-state index in [0.717, 1.165) is 25.7 Å². The van der Waals surface area contributed by atoms with Gasteiger partial charge in [0.15, 0.2) is 0 Å². The first-order valence-electron chi connectivity index (χ1n) is 8.93. The zero-order valence-electron chi connectivity index (χ0n) is 15.0. The number of hydrogen-bond donors (Lipinski definition) is 3. The molecule has 1 aliphatic rings. The molecular formula is C19H30ClN3O2. The Bertz CT molecular complexity index is 553. The predicted octanol–water partition coefficient (Wildman–Crippen LogP) is 2.50. The second kappa shape index (κ2) is 10.4. The van der Waals surface area contributed by atoms with E-state index in [1.807, 2.05) is 32.0 Å². The number of benzene rings is 1. The molecule has 0 aromatic heterocycles. The average Bonchev–Trinajstić information content (AvgIpc) is 3.06. The summed E-state index contributed by atoms with van der Waals surface area (Å²) in [6.07, 6.45) is 3.94. The standard InChI is InChI=1S/C19H29N3O2.ClH/c1-3-13(2)17(22-18(23)14-8-5-4-6-9-14)19(24)21-16-11-7-10-15(16)12-20;/h4-6,8-9,13,15-17H,3,7,10-12,20H2,1-2H3,(H,21,24)(H,22,23);1H. The largest absolute Gasteiger partial charge is 0.351 e. The quantitative estimate of drug-likeness (QED) is 0.692. The maximum atomic E-state index is 12.8. The van der Waals surface area contributed by atoms with Crippen molar-refractivity contribution in [3.8, 4) is 0 Å². The number of amides is 2. The Balaban J connectivity index is 0.00000312. The lowest BCUT2D eigenvalue weighted by Crippen LogP contribution is -2.53. The van der Waals surface area contributed by atoms with Crippen LogP contribution in [0.1, 0.15) is 49.9 Å². The van der Waals surface area contributed by atoms with E-state index < -0.39 is 6.04 Å². The van der Waals surface area contributed by atoms with E-state index in [0.29, 0.717) is 18.0 Å². The smallest absolute Gasteiger partial charge is 0.251 e. The fourth-order valence-corrected chi connectivity index (χ4v) is 3.30. The van der Waals surface area contributed by atoms with Crippen LogP contribution >= 0.6 is 12.4 Å². The highest BCUT2D eigenvalue weighted by atomic mass is 35.5. The Kier molecular flexibility index (Phi) is 8.93. The van der Waals surface area contributed by atoms with Gasteiger partial charge in [-0.15, -0.1) is 12.4 Å². The van der Waals surface area contributed by atoms with Gasteiger partial charge in [0.2, 0.25) is 5.91 Å². The second-order valence-electron chi connectivity index (χ2n) is 6.74. The van der Waals surface area contributed by atoms with Crippen LogP contribution in [0.25, 0.3) is 0 Å². The minimum absolute atomic E-state index is 0. The molecule has 1 aromatic rings. The predicted molar refractivity (Wildman–Crippen MR) is 103 cm³/mol. The van der Waals surface area contributed by atoms with Crippen LogP contribution in [0.3, 0.4) is 0 Å². The van der Waals surface area contributed by atoms with Gasteiger partial charge in [0.25, 0.3) is 5.91 Å². The third-order valence-electron chi connectivity index (χ3n) is 5.11. The first kappa shape index (κ1) is 21.5. The summed E-state index contributed by atoms with van der Waals surface area (Å²) in [5.41, 5.74) is 6.37. The summed E-state index contributed by atoms with van der Waals surface area (Å²) < 4.78 is 0. The Morgan fingerprint density at radius 3 is 2.52 bits per heavy atom. The minimum Gasteiger partial charge on any atom is -0.351 e. The van der Waals surface area contributed by atoms with E-state index in [1.54, 1.807) is 12.1 Å². The Labute approximate surface area is 156 Å². The van der Waals surface area contributed by atoms with Gasteiger partial charge >= 0.3 is 0 Å². The maximum absolute atomic E-state index is 12.8. The molecule has 140 valence electrons. The molecule has 0 bridgehead atoms. The average molecular weight is 368 g/mol. The molecule has 2 rings (SSSR count). The van der Waals surface area contributed by atoms with Crippen molar-refractivity contribution in [2.75, 3.05) is 6.54 Å². The molecule has 0 spiro atoms. The Morgan fingerprint density at radius 2 is 1.92 bits per heavy atom. The van der Waals surface area contributed by atoms with Crippen molar-refractivity contribution >= 4 is 24.2 Å². The number of nitrogens with one attached hydrogen (secondary N) is 2. The highest BCUT2D eigenvalue weighted by Gasteiger charge is 2.32. The second-order valence-corrected chi connectivity index (χ2v) is 6.74. The number of hydrogen-bond acceptors (Lipinski definition) is 3. The Morgan fingerprint density at radius 1 is 1.24 bits per heavy atom. The van der Waals surface area contributed by atoms with E-state index in [-0.39, 0.29) is 36.2 Å². The molecule has 4 unspecified atom stereocenters. The van der Waals surface area contributed by atoms with Gasteiger partial charge in [-0.25, -0.2) is 0 Å². The molecule has 5 nitrogen and oxygen atoms in total. The van der Waals surface area contributed by atoms with Crippen LogP contribution in [0.2, 0.25) is 0 Å². The lowest BCUT2D eigenvalue weighted by Gasteiger charge is -2.27. The molecule has 1 aromatic carbocycles. The van der Waals surface area contributed by atoms with Gasteiger partial charge in [-0.1, -0.05) is 44.9 Å². The highest BCUT2D eigenvalue weighted by Crippen LogP contribution is 2.25. The van der Waals surface area contributed by atoms with Crippen LogP contribution in [0.15, 0.2) is 30.3 Å². The van der Waals surface area contributed by atoms with Crippen molar-refractivity contribution in [3.05, 3.63) is 35.9 Å². The van der Waals surface area contributed by atoms with Crippen LogP contribution in [0, 0.1) is 11.8 Å². The highest BCUT2D eigenvalue weighted by molar-refractivity contribution is 5.97. The van der Waals surface area contributed by atoms with Crippen molar-refractivity contribution < 1.29 is 9.59 Å². The third-order valence-corrected chi connectivity index (χ3v) is 5.11. The van der Waals surface area contributed by atoms with Crippen molar-refractivity contribution in [1.82, 2.24) is 10.6 Å². The van der Waals surface area contributed by atoms with Crippen molar-refractivity contribution in [2.45, 2.75) is 51.6 Å². The van der Waals surface area contributed by atoms with Gasteiger partial charge in [0.1, 0.15) is 6.04 Å². The molecule has 0 heterocycles. The number of carbonyl (C=O) groups is 2. The van der Waals surface area contributed by atoms with Crippen LogP contribution in [-0.4, -0.2) is 30.4 Å². The van der Waals surface area contributed by atoms with Crippen molar-refractivity contribution in [1.29, 1.82) is 0 Å². The van der Waals surface area contributed by atoms with Crippen molar-refractivity contribution in [3.63, 3.8) is 0 Å². The minimum atomic E-state index is -0.526. The van der Waals surface area contributed by atoms with Gasteiger partial charge in [-0.3, -0.25) is 9.59 Å². The fourth-order valence-electron chi connectivity index (χ4n) is 3.30. The van der Waals surface area contributed by atoms with Gasteiger partial charge in [-0.2, -0.15) is 0 Å². The fraction of sp³-hybridized carbons (Fsp3) is 0.579. The molecule has 25 heavy (non-hydrogen) atoms. The van der Waals surface area contributed by atoms with E-state index in [4.69, 9.17) is 5.73 Å². The summed E-state index contributed by atoms with van der Waals surface area (Å²) in [6, 6.07) is 8.60. The van der Waals surface area contributed by atoms with Crippen molar-refractivity contribution in [2.24, 2.45) is 17.6 Å². The number of halogens is 1. The van der Waals surface area contributed by atoms with Gasteiger partial charge in [-0.05, 0) is 43.4 Å². The third kappa shape index (κ3) is 5.72.